The zero-order valence-electron chi connectivity index (χ0n) is 5.95. The normalized spacial score (nSPS) is 10.4. The maximum atomic E-state index is 10.2. The third-order valence-electron chi connectivity index (χ3n) is 0.961. The molecule has 0 radical (unpaired) electrons. The highest BCUT2D eigenvalue weighted by Gasteiger charge is 1.94. The lowest BCUT2D eigenvalue weighted by Gasteiger charge is -1.88. The summed E-state index contributed by atoms with van der Waals surface area (Å²) in [5.74, 6) is 0.524. The Kier molecular flexibility index (Phi) is 2.87. The van der Waals surface area contributed by atoms with Gasteiger partial charge in [-0.05, 0) is 28.1 Å². The van der Waals surface area contributed by atoms with E-state index in [9.17, 15) is 4.79 Å². The monoisotopic (exact) mass is 231 g/mol. The van der Waals surface area contributed by atoms with Gasteiger partial charge in [-0.15, -0.1) is 0 Å². The van der Waals surface area contributed by atoms with Crippen LogP contribution in [0.15, 0.2) is 26.3 Å². The third-order valence-corrected chi connectivity index (χ3v) is 1.39. The van der Waals surface area contributed by atoms with E-state index in [-0.39, 0.29) is 0 Å². The highest BCUT2D eigenvalue weighted by molar-refractivity contribution is 9.10. The number of nitrogens with one attached hydrogen (secondary N) is 1. The van der Waals surface area contributed by atoms with Crippen molar-refractivity contribution in [3.63, 3.8) is 0 Å². The Balaban J connectivity index is 2.52. The van der Waals surface area contributed by atoms with Crippen LogP contribution in [-0.4, -0.2) is 12.2 Å². The van der Waals surface area contributed by atoms with Gasteiger partial charge in [-0.25, -0.2) is 10.2 Å². The summed E-state index contributed by atoms with van der Waals surface area (Å²) in [6, 6.07) is 2.69. The first-order valence-corrected chi connectivity index (χ1v) is 3.81. The second kappa shape index (κ2) is 3.91. The third kappa shape index (κ3) is 2.75. The quantitative estimate of drug-likeness (QED) is 0.590. The Morgan fingerprint density at radius 2 is 2.50 bits per heavy atom. The molecular weight excluding hydrogens is 226 g/mol. The molecule has 0 aliphatic rings. The SMILES string of the molecule is NC(=O)N/N=C/c1ccc(Br)o1. The van der Waals surface area contributed by atoms with E-state index in [4.69, 9.17) is 10.2 Å². The number of hydrogen-bond acceptors (Lipinski definition) is 3. The highest BCUT2D eigenvalue weighted by Crippen LogP contribution is 2.11. The van der Waals surface area contributed by atoms with Crippen LogP contribution in [0.25, 0.3) is 0 Å². The topological polar surface area (TPSA) is 80.6 Å². The summed E-state index contributed by atoms with van der Waals surface area (Å²) in [6.07, 6.45) is 1.34. The predicted molar refractivity (Wildman–Crippen MR) is 46.7 cm³/mol. The van der Waals surface area contributed by atoms with Crippen LogP contribution in [0.5, 0.6) is 0 Å². The van der Waals surface area contributed by atoms with E-state index in [1.807, 2.05) is 5.43 Å². The van der Waals surface area contributed by atoms with Crippen LogP contribution in [0.4, 0.5) is 4.79 Å². The van der Waals surface area contributed by atoms with Crippen LogP contribution in [-0.2, 0) is 0 Å². The van der Waals surface area contributed by atoms with Crippen molar-refractivity contribution in [2.24, 2.45) is 10.8 Å². The number of hydrazone groups is 1. The minimum absolute atomic E-state index is 0.524. The van der Waals surface area contributed by atoms with Crippen molar-refractivity contribution in [1.82, 2.24) is 5.43 Å². The Bertz CT molecular complexity index is 307. The van der Waals surface area contributed by atoms with Crippen molar-refractivity contribution in [1.29, 1.82) is 0 Å². The molecule has 0 spiro atoms. The minimum Gasteiger partial charge on any atom is -0.448 e. The number of nitrogens with zero attached hydrogens (tertiary/aromatic N) is 1. The Morgan fingerprint density at radius 1 is 1.75 bits per heavy atom. The number of urea groups is 1. The Labute approximate surface area is 76.7 Å². The summed E-state index contributed by atoms with van der Waals surface area (Å²) in [6.45, 7) is 0. The van der Waals surface area contributed by atoms with Crippen LogP contribution in [0.3, 0.4) is 0 Å². The first kappa shape index (κ1) is 8.79. The second-order valence-electron chi connectivity index (χ2n) is 1.88. The second-order valence-corrected chi connectivity index (χ2v) is 2.66. The number of carbonyl (C=O) groups is 1. The fourth-order valence-electron chi connectivity index (χ4n) is 0.557. The van der Waals surface area contributed by atoms with Crippen LogP contribution in [0.1, 0.15) is 5.76 Å². The number of amides is 2. The maximum absolute atomic E-state index is 10.2. The van der Waals surface area contributed by atoms with Gasteiger partial charge >= 0.3 is 6.03 Å². The molecule has 1 aromatic heterocycles. The lowest BCUT2D eigenvalue weighted by molar-refractivity contribution is 0.249. The van der Waals surface area contributed by atoms with Crippen molar-refractivity contribution in [3.05, 3.63) is 22.6 Å². The van der Waals surface area contributed by atoms with E-state index >= 15 is 0 Å². The zero-order chi connectivity index (χ0) is 8.97. The summed E-state index contributed by atoms with van der Waals surface area (Å²) in [7, 11) is 0. The van der Waals surface area contributed by atoms with Gasteiger partial charge in [0.1, 0.15) is 5.76 Å². The summed E-state index contributed by atoms with van der Waals surface area (Å²) in [5.41, 5.74) is 6.79. The molecule has 0 unspecified atom stereocenters. The first-order valence-electron chi connectivity index (χ1n) is 3.02. The highest BCUT2D eigenvalue weighted by atomic mass is 79.9. The van der Waals surface area contributed by atoms with E-state index in [0.29, 0.717) is 10.4 Å². The Morgan fingerprint density at radius 3 is 3.00 bits per heavy atom. The first-order chi connectivity index (χ1) is 5.68. The number of hydrogen-bond donors (Lipinski definition) is 2. The largest absolute Gasteiger partial charge is 0.448 e. The molecule has 0 fully saturated rings. The van der Waals surface area contributed by atoms with E-state index in [2.05, 4.69) is 21.0 Å². The van der Waals surface area contributed by atoms with Gasteiger partial charge in [0.25, 0.3) is 0 Å². The molecule has 64 valence electrons. The van der Waals surface area contributed by atoms with Gasteiger partial charge in [-0.2, -0.15) is 5.10 Å². The van der Waals surface area contributed by atoms with Crippen LogP contribution < -0.4 is 11.2 Å². The number of halogens is 1. The number of carbonyl (C=O) groups excluding carboxylic acids is 1. The van der Waals surface area contributed by atoms with Crippen LogP contribution in [0.2, 0.25) is 0 Å². The molecule has 6 heteroatoms. The fourth-order valence-corrected chi connectivity index (χ4v) is 0.876. The van der Waals surface area contributed by atoms with Gasteiger partial charge in [0.05, 0.1) is 6.21 Å². The van der Waals surface area contributed by atoms with Gasteiger partial charge in [-0.1, -0.05) is 0 Å². The van der Waals surface area contributed by atoms with Gasteiger partial charge in [-0.3, -0.25) is 0 Å². The van der Waals surface area contributed by atoms with E-state index < -0.39 is 6.03 Å². The lowest BCUT2D eigenvalue weighted by Crippen LogP contribution is -2.24. The van der Waals surface area contributed by atoms with E-state index in [0.717, 1.165) is 0 Å². The van der Waals surface area contributed by atoms with Crippen molar-refractivity contribution >= 4 is 28.2 Å². The van der Waals surface area contributed by atoms with E-state index in [1.165, 1.54) is 6.21 Å². The molecule has 0 atom stereocenters. The molecule has 1 rings (SSSR count). The molecule has 0 aliphatic carbocycles. The molecule has 3 N–H and O–H groups in total. The summed E-state index contributed by atoms with van der Waals surface area (Å²) < 4.78 is 5.64. The average Bonchev–Trinajstić information content (AvgIpc) is 2.35. The summed E-state index contributed by atoms with van der Waals surface area (Å²) in [4.78, 5) is 10.2. The average molecular weight is 232 g/mol. The fraction of sp³-hybridized carbons (Fsp3) is 0. The number of nitrogens with two attached hydrogens (primary N) is 1. The molecule has 1 aromatic rings. The van der Waals surface area contributed by atoms with Crippen molar-refractivity contribution < 1.29 is 9.21 Å². The van der Waals surface area contributed by atoms with Gasteiger partial charge in [0.15, 0.2) is 4.67 Å². The van der Waals surface area contributed by atoms with Gasteiger partial charge in [0, 0.05) is 0 Å². The van der Waals surface area contributed by atoms with Crippen molar-refractivity contribution in [2.45, 2.75) is 0 Å². The molecule has 12 heavy (non-hydrogen) atoms. The molecule has 2 amide bonds. The molecule has 1 heterocycles. The molecular formula is C6H6BrN3O2. The summed E-state index contributed by atoms with van der Waals surface area (Å²) >= 11 is 3.11. The molecule has 0 aliphatic heterocycles. The molecule has 0 bridgehead atoms. The van der Waals surface area contributed by atoms with Gasteiger partial charge < -0.3 is 10.2 Å². The van der Waals surface area contributed by atoms with Crippen molar-refractivity contribution in [3.8, 4) is 0 Å². The lowest BCUT2D eigenvalue weighted by atomic mass is 10.5. The predicted octanol–water partition coefficient (Wildman–Crippen LogP) is 1.04. The zero-order valence-corrected chi connectivity index (χ0v) is 7.54. The molecule has 0 saturated heterocycles. The van der Waals surface area contributed by atoms with E-state index in [1.54, 1.807) is 12.1 Å². The number of rotatable bonds is 2. The van der Waals surface area contributed by atoms with Crippen LogP contribution in [0, 0.1) is 0 Å². The summed E-state index contributed by atoms with van der Waals surface area (Å²) in [5, 5.41) is 3.49. The smallest absolute Gasteiger partial charge is 0.332 e. The number of furan rings is 1. The maximum Gasteiger partial charge on any atom is 0.332 e. The minimum atomic E-state index is -0.711. The molecule has 5 nitrogen and oxygen atoms in total. The molecule has 0 saturated carbocycles. The molecule has 0 aromatic carbocycles. The number of primary amides is 1. The standard InChI is InChI=1S/C6H6BrN3O2/c7-5-2-1-4(12-5)3-9-10-6(8)11/h1-3H,(H3,8,10,11)/b9-3+. The van der Waals surface area contributed by atoms with Crippen LogP contribution >= 0.6 is 15.9 Å². The van der Waals surface area contributed by atoms with Crippen molar-refractivity contribution in [2.75, 3.05) is 0 Å². The Hall–Kier alpha value is -1.30. The van der Waals surface area contributed by atoms with Gasteiger partial charge in [0.2, 0.25) is 0 Å².